The van der Waals surface area contributed by atoms with E-state index in [4.69, 9.17) is 5.26 Å². The van der Waals surface area contributed by atoms with Gasteiger partial charge in [0.05, 0.1) is 17.5 Å². The lowest BCUT2D eigenvalue weighted by Crippen LogP contribution is -2.47. The molecule has 8 nitrogen and oxygen atoms in total. The number of pyridine rings is 1. The zero-order valence-corrected chi connectivity index (χ0v) is 19.6. The number of hydrogen-bond acceptors (Lipinski definition) is 6. The zero-order valence-electron chi connectivity index (χ0n) is 18.8. The van der Waals surface area contributed by atoms with E-state index in [1.54, 1.807) is 12.1 Å². The largest absolute Gasteiger partial charge is 0.341 e. The highest BCUT2D eigenvalue weighted by Gasteiger charge is 2.22. The fraction of sp³-hybridized carbons (Fsp3) is 0.292. The van der Waals surface area contributed by atoms with Crippen LogP contribution in [0.1, 0.15) is 30.6 Å². The molecule has 0 aliphatic heterocycles. The van der Waals surface area contributed by atoms with Gasteiger partial charge < -0.3 is 16.0 Å². The van der Waals surface area contributed by atoms with E-state index in [-0.39, 0.29) is 24.3 Å². The van der Waals surface area contributed by atoms with Crippen molar-refractivity contribution >= 4 is 34.0 Å². The first-order chi connectivity index (χ1) is 15.9. The molecule has 170 valence electrons. The van der Waals surface area contributed by atoms with Crippen LogP contribution in [0.4, 0.5) is 10.8 Å². The summed E-state index contributed by atoms with van der Waals surface area (Å²) >= 11 is 1.50. The molecule has 0 saturated carbocycles. The lowest BCUT2D eigenvalue weighted by molar-refractivity contribution is -0.671. The fourth-order valence-corrected chi connectivity index (χ4v) is 3.90. The average Bonchev–Trinajstić information content (AvgIpc) is 3.26. The smallest absolute Gasteiger partial charge is 0.251 e. The number of aryl methyl sites for hydroxylation is 1. The van der Waals surface area contributed by atoms with Gasteiger partial charge in [-0.15, -0.1) is 11.3 Å². The molecule has 2 aromatic heterocycles. The highest BCUT2D eigenvalue weighted by Crippen LogP contribution is 2.27. The second-order valence-corrected chi connectivity index (χ2v) is 8.88. The summed E-state index contributed by atoms with van der Waals surface area (Å²) in [6, 6.07) is 12.2. The molecule has 0 unspecified atom stereocenters. The Kier molecular flexibility index (Phi) is 8.11. The standard InChI is InChI=1S/C24H26N6O2S/c1-16(2)14-20(23(32)26-11-10-25)28-22(31)18-6-4-17(5-7-18)21-15-33-24(29-21)27-19-8-12-30(3)13-9-19/h4-9,12-13,15-16,20H,11,14H2,1-3H3,(H2,26,28,31,32)/p+1/t20-/m0/s1. The number of carbonyl (C=O) groups excluding carboxylic acids is 2. The van der Waals surface area contributed by atoms with Gasteiger partial charge in [-0.2, -0.15) is 5.26 Å². The van der Waals surface area contributed by atoms with E-state index in [1.165, 1.54) is 11.3 Å². The van der Waals surface area contributed by atoms with Crippen LogP contribution in [0.2, 0.25) is 0 Å². The molecule has 3 rings (SSSR count). The van der Waals surface area contributed by atoms with Crippen LogP contribution in [-0.4, -0.2) is 29.4 Å². The van der Waals surface area contributed by atoms with Gasteiger partial charge in [-0.3, -0.25) is 9.59 Å². The molecule has 0 spiro atoms. The Morgan fingerprint density at radius 2 is 1.85 bits per heavy atom. The van der Waals surface area contributed by atoms with Crippen molar-refractivity contribution < 1.29 is 14.2 Å². The minimum Gasteiger partial charge on any atom is -0.341 e. The number of anilines is 2. The second kappa shape index (κ2) is 11.2. The number of rotatable bonds is 9. The summed E-state index contributed by atoms with van der Waals surface area (Å²) in [7, 11) is 1.96. The number of nitrogens with one attached hydrogen (secondary N) is 3. The van der Waals surface area contributed by atoms with E-state index in [2.05, 4.69) is 20.9 Å². The van der Waals surface area contributed by atoms with Crippen molar-refractivity contribution in [3.63, 3.8) is 0 Å². The van der Waals surface area contributed by atoms with Crippen molar-refractivity contribution in [1.82, 2.24) is 15.6 Å². The van der Waals surface area contributed by atoms with Crippen molar-refractivity contribution in [2.24, 2.45) is 13.0 Å². The van der Waals surface area contributed by atoms with Crippen LogP contribution in [-0.2, 0) is 11.8 Å². The van der Waals surface area contributed by atoms with Crippen LogP contribution in [0.3, 0.4) is 0 Å². The van der Waals surface area contributed by atoms with Crippen molar-refractivity contribution in [3.05, 3.63) is 59.7 Å². The number of nitrogens with zero attached hydrogens (tertiary/aromatic N) is 3. The van der Waals surface area contributed by atoms with Gasteiger partial charge in [-0.05, 0) is 24.5 Å². The lowest BCUT2D eigenvalue weighted by Gasteiger charge is -2.19. The molecular formula is C24H27N6O2S+. The van der Waals surface area contributed by atoms with Crippen LogP contribution in [0.25, 0.3) is 11.3 Å². The molecule has 0 bridgehead atoms. The summed E-state index contributed by atoms with van der Waals surface area (Å²) in [6.45, 7) is 3.85. The van der Waals surface area contributed by atoms with E-state index < -0.39 is 6.04 Å². The molecule has 0 aliphatic rings. The van der Waals surface area contributed by atoms with Crippen molar-refractivity contribution in [3.8, 4) is 17.3 Å². The van der Waals surface area contributed by atoms with E-state index >= 15 is 0 Å². The van der Waals surface area contributed by atoms with Gasteiger partial charge in [0.15, 0.2) is 17.5 Å². The third-order valence-electron chi connectivity index (χ3n) is 4.85. The Hall–Kier alpha value is -3.77. The zero-order chi connectivity index (χ0) is 23.8. The van der Waals surface area contributed by atoms with Gasteiger partial charge >= 0.3 is 0 Å². The van der Waals surface area contributed by atoms with Crippen molar-refractivity contribution in [2.75, 3.05) is 11.9 Å². The third kappa shape index (κ3) is 6.85. The van der Waals surface area contributed by atoms with Crippen molar-refractivity contribution in [1.29, 1.82) is 5.26 Å². The van der Waals surface area contributed by atoms with Gasteiger partial charge in [0.1, 0.15) is 19.6 Å². The molecule has 3 aromatic rings. The fourth-order valence-electron chi connectivity index (χ4n) is 3.16. The molecule has 2 heterocycles. The van der Waals surface area contributed by atoms with Gasteiger partial charge in [0.2, 0.25) is 5.91 Å². The molecular weight excluding hydrogens is 436 g/mol. The van der Waals surface area contributed by atoms with Gasteiger partial charge in [0, 0.05) is 28.6 Å². The van der Waals surface area contributed by atoms with Crippen LogP contribution < -0.4 is 20.5 Å². The normalized spacial score (nSPS) is 11.5. The molecule has 1 aromatic carbocycles. The third-order valence-corrected chi connectivity index (χ3v) is 5.61. The second-order valence-electron chi connectivity index (χ2n) is 8.02. The minimum atomic E-state index is -0.696. The van der Waals surface area contributed by atoms with Crippen LogP contribution in [0.5, 0.6) is 0 Å². The Labute approximate surface area is 197 Å². The Balaban J connectivity index is 1.66. The van der Waals surface area contributed by atoms with Gasteiger partial charge in [0.25, 0.3) is 5.91 Å². The summed E-state index contributed by atoms with van der Waals surface area (Å²) in [5.41, 5.74) is 3.10. The molecule has 33 heavy (non-hydrogen) atoms. The highest BCUT2D eigenvalue weighted by molar-refractivity contribution is 7.14. The van der Waals surface area contributed by atoms with Crippen LogP contribution >= 0.6 is 11.3 Å². The molecule has 0 fully saturated rings. The van der Waals surface area contributed by atoms with E-state index in [0.717, 1.165) is 22.1 Å². The Morgan fingerprint density at radius 3 is 2.48 bits per heavy atom. The Morgan fingerprint density at radius 1 is 1.15 bits per heavy atom. The first kappa shape index (κ1) is 23.9. The Bertz CT molecular complexity index is 1130. The molecule has 2 amide bonds. The lowest BCUT2D eigenvalue weighted by atomic mass is 10.0. The van der Waals surface area contributed by atoms with E-state index in [1.807, 2.05) is 73.6 Å². The van der Waals surface area contributed by atoms with Crippen molar-refractivity contribution in [2.45, 2.75) is 26.3 Å². The predicted molar refractivity (Wildman–Crippen MR) is 128 cm³/mol. The monoisotopic (exact) mass is 463 g/mol. The number of hydrogen-bond donors (Lipinski definition) is 3. The number of aromatic nitrogens is 2. The highest BCUT2D eigenvalue weighted by atomic mass is 32.1. The summed E-state index contributed by atoms with van der Waals surface area (Å²) < 4.78 is 1.96. The number of thiazole rings is 1. The minimum absolute atomic E-state index is 0.0919. The summed E-state index contributed by atoms with van der Waals surface area (Å²) in [4.78, 5) is 29.6. The molecule has 9 heteroatoms. The molecule has 0 radical (unpaired) electrons. The first-order valence-corrected chi connectivity index (χ1v) is 11.5. The SMILES string of the molecule is CC(C)C[C@H](NC(=O)c1ccc(-c2csc(Nc3cc[n+](C)cc3)n2)cc1)C(=O)NCC#N. The average molecular weight is 464 g/mol. The predicted octanol–water partition coefficient (Wildman–Crippen LogP) is 3.16. The first-order valence-electron chi connectivity index (χ1n) is 10.6. The maximum atomic E-state index is 12.7. The number of nitriles is 1. The number of amides is 2. The summed E-state index contributed by atoms with van der Waals surface area (Å²) in [5, 5.41) is 20.0. The van der Waals surface area contributed by atoms with Gasteiger partial charge in [-0.25, -0.2) is 9.55 Å². The molecule has 0 aliphatic carbocycles. The van der Waals surface area contributed by atoms with Crippen LogP contribution in [0.15, 0.2) is 54.2 Å². The van der Waals surface area contributed by atoms with E-state index in [9.17, 15) is 9.59 Å². The number of benzene rings is 1. The topological polar surface area (TPSA) is 111 Å². The molecule has 3 N–H and O–H groups in total. The molecule has 0 saturated heterocycles. The summed E-state index contributed by atoms with van der Waals surface area (Å²) in [5.74, 6) is -0.487. The van der Waals surface area contributed by atoms with Crippen LogP contribution in [0, 0.1) is 17.2 Å². The van der Waals surface area contributed by atoms with E-state index in [0.29, 0.717) is 12.0 Å². The van der Waals surface area contributed by atoms with Gasteiger partial charge in [-0.1, -0.05) is 26.0 Å². The number of carbonyl (C=O) groups is 2. The summed E-state index contributed by atoms with van der Waals surface area (Å²) in [6.07, 6.45) is 4.40. The maximum absolute atomic E-state index is 12.7. The molecule has 1 atom stereocenters. The quantitative estimate of drug-likeness (QED) is 0.333. The maximum Gasteiger partial charge on any atom is 0.251 e.